The maximum absolute atomic E-state index is 13.1. The van der Waals surface area contributed by atoms with Crippen LogP contribution in [0.5, 0.6) is 0 Å². The van der Waals surface area contributed by atoms with E-state index in [1.54, 1.807) is 32.7 Å². The highest BCUT2D eigenvalue weighted by molar-refractivity contribution is 5.93. The summed E-state index contributed by atoms with van der Waals surface area (Å²) in [7, 11) is 0. The first-order valence-electron chi connectivity index (χ1n) is 10.8. The van der Waals surface area contributed by atoms with Crippen molar-refractivity contribution in [1.82, 2.24) is 14.4 Å². The predicted molar refractivity (Wildman–Crippen MR) is 122 cm³/mol. The molecule has 0 aliphatic carbocycles. The van der Waals surface area contributed by atoms with Crippen LogP contribution >= 0.6 is 0 Å². The number of nitrogens with zero attached hydrogens (tertiary/aromatic N) is 4. The van der Waals surface area contributed by atoms with Gasteiger partial charge in [-0.3, -0.25) is 24.6 Å². The molecule has 12 heteroatoms. The highest BCUT2D eigenvalue weighted by Crippen LogP contribution is 2.34. The number of hydrogen-bond acceptors (Lipinski definition) is 5. The van der Waals surface area contributed by atoms with Crippen LogP contribution in [0.2, 0.25) is 0 Å². The molecule has 1 aliphatic rings. The van der Waals surface area contributed by atoms with Gasteiger partial charge in [-0.15, -0.1) is 0 Å². The highest BCUT2D eigenvalue weighted by atomic mass is 19.4. The Labute approximate surface area is 197 Å². The number of hydrogen-bond donors (Lipinski definition) is 1. The molecule has 1 saturated heterocycles. The van der Waals surface area contributed by atoms with Crippen LogP contribution in [0.1, 0.15) is 5.56 Å². The first-order valence-corrected chi connectivity index (χ1v) is 10.8. The van der Waals surface area contributed by atoms with E-state index in [1.165, 1.54) is 30.3 Å². The zero-order valence-corrected chi connectivity index (χ0v) is 18.5. The number of anilines is 1. The van der Waals surface area contributed by atoms with Gasteiger partial charge in [0.05, 0.1) is 22.7 Å². The summed E-state index contributed by atoms with van der Waals surface area (Å²) in [5, 5.41) is 13.9. The minimum atomic E-state index is -4.57. The fraction of sp³-hybridized carbons (Fsp3) is 0.304. The van der Waals surface area contributed by atoms with Gasteiger partial charge in [-0.1, -0.05) is 12.1 Å². The minimum Gasteiger partial charge on any atom is -0.339 e. The average Bonchev–Trinajstić information content (AvgIpc) is 3.21. The number of nitrogens with one attached hydrogen (secondary N) is 1. The van der Waals surface area contributed by atoms with Gasteiger partial charge in [0.15, 0.2) is 0 Å². The number of nitro benzene ring substituents is 1. The van der Waals surface area contributed by atoms with Gasteiger partial charge in [0, 0.05) is 55.4 Å². The molecule has 3 aromatic rings. The number of halogens is 3. The number of fused-ring (bicyclic) bond motifs is 1. The number of carbonyl (C=O) groups excluding carboxylic acids is 2. The van der Waals surface area contributed by atoms with Crippen LogP contribution in [-0.4, -0.2) is 63.8 Å². The molecule has 2 amide bonds. The Morgan fingerprint density at radius 3 is 2.40 bits per heavy atom. The number of carbonyl (C=O) groups is 2. The Morgan fingerprint density at radius 1 is 1.00 bits per heavy atom. The van der Waals surface area contributed by atoms with E-state index in [1.807, 2.05) is 0 Å². The largest absolute Gasteiger partial charge is 0.418 e. The van der Waals surface area contributed by atoms with E-state index in [0.29, 0.717) is 37.1 Å². The van der Waals surface area contributed by atoms with Crippen LogP contribution in [0, 0.1) is 10.1 Å². The molecule has 2 heterocycles. The molecule has 1 fully saturated rings. The number of para-hydroxylation sites is 1. The normalized spacial score (nSPS) is 14.8. The SMILES string of the molecule is O=C(CN1CCN(C(=O)Cn2ccc3cc([N+](=O)[O-])ccc32)CC1)Nc1ccccc1C(F)(F)F. The quantitative estimate of drug-likeness (QED) is 0.423. The number of aromatic nitrogens is 1. The third kappa shape index (κ3) is 5.60. The van der Waals surface area contributed by atoms with E-state index in [2.05, 4.69) is 5.32 Å². The molecule has 9 nitrogen and oxygen atoms in total. The van der Waals surface area contributed by atoms with Crippen molar-refractivity contribution in [2.45, 2.75) is 12.7 Å². The molecule has 184 valence electrons. The van der Waals surface area contributed by atoms with Crippen molar-refractivity contribution >= 4 is 34.1 Å². The summed E-state index contributed by atoms with van der Waals surface area (Å²) in [5.41, 5.74) is -0.513. The van der Waals surface area contributed by atoms with Gasteiger partial charge < -0.3 is 14.8 Å². The summed E-state index contributed by atoms with van der Waals surface area (Å²) in [6, 6.07) is 11.0. The van der Waals surface area contributed by atoms with Crippen molar-refractivity contribution in [2.24, 2.45) is 0 Å². The molecule has 2 aromatic carbocycles. The standard InChI is InChI=1S/C23H22F3N5O4/c24-23(25,26)18-3-1-2-4-19(18)27-21(32)14-28-9-11-29(12-10-28)22(33)15-30-8-7-16-13-17(31(34)35)5-6-20(16)30/h1-8,13H,9-12,14-15H2,(H,27,32). The number of benzene rings is 2. The van der Waals surface area contributed by atoms with Crippen molar-refractivity contribution in [3.63, 3.8) is 0 Å². The second kappa shape index (κ2) is 9.74. The Morgan fingerprint density at radius 2 is 1.71 bits per heavy atom. The number of piperazine rings is 1. The van der Waals surface area contributed by atoms with Crippen LogP contribution in [0.3, 0.4) is 0 Å². The van der Waals surface area contributed by atoms with Gasteiger partial charge in [0.25, 0.3) is 5.69 Å². The summed E-state index contributed by atoms with van der Waals surface area (Å²) in [6.45, 7) is 1.52. The molecular formula is C23H22F3N5O4. The second-order valence-corrected chi connectivity index (χ2v) is 8.19. The molecule has 1 aliphatic heterocycles. The lowest BCUT2D eigenvalue weighted by atomic mass is 10.1. The molecule has 0 unspecified atom stereocenters. The highest BCUT2D eigenvalue weighted by Gasteiger charge is 2.33. The molecule has 35 heavy (non-hydrogen) atoms. The predicted octanol–water partition coefficient (Wildman–Crippen LogP) is 3.35. The molecule has 1 N–H and O–H groups in total. The van der Waals surface area contributed by atoms with E-state index < -0.39 is 22.6 Å². The Balaban J connectivity index is 1.30. The third-order valence-corrected chi connectivity index (χ3v) is 5.87. The maximum Gasteiger partial charge on any atom is 0.418 e. The number of alkyl halides is 3. The number of nitro groups is 1. The molecule has 0 spiro atoms. The van der Waals surface area contributed by atoms with E-state index in [-0.39, 0.29) is 30.4 Å². The molecule has 0 radical (unpaired) electrons. The van der Waals surface area contributed by atoms with E-state index >= 15 is 0 Å². The third-order valence-electron chi connectivity index (χ3n) is 5.87. The molecule has 0 saturated carbocycles. The van der Waals surface area contributed by atoms with Crippen LogP contribution in [0.25, 0.3) is 10.9 Å². The minimum absolute atomic E-state index is 0.0244. The van der Waals surface area contributed by atoms with Crippen LogP contribution in [-0.2, 0) is 22.3 Å². The monoisotopic (exact) mass is 489 g/mol. The van der Waals surface area contributed by atoms with Crippen LogP contribution < -0.4 is 5.32 Å². The van der Waals surface area contributed by atoms with Crippen molar-refractivity contribution in [2.75, 3.05) is 38.0 Å². The average molecular weight is 489 g/mol. The van der Waals surface area contributed by atoms with E-state index in [0.717, 1.165) is 6.07 Å². The first kappa shape index (κ1) is 24.2. The Kier molecular flexibility index (Phi) is 6.74. The first-order chi connectivity index (χ1) is 16.6. The molecule has 0 atom stereocenters. The van der Waals surface area contributed by atoms with Gasteiger partial charge in [-0.25, -0.2) is 0 Å². The van der Waals surface area contributed by atoms with Crippen molar-refractivity contribution in [3.8, 4) is 0 Å². The second-order valence-electron chi connectivity index (χ2n) is 8.19. The Hall–Kier alpha value is -3.93. The van der Waals surface area contributed by atoms with Crippen LogP contribution in [0.4, 0.5) is 24.5 Å². The zero-order valence-electron chi connectivity index (χ0n) is 18.5. The molecule has 4 rings (SSSR count). The molecular weight excluding hydrogens is 467 g/mol. The van der Waals surface area contributed by atoms with Crippen molar-refractivity contribution in [1.29, 1.82) is 0 Å². The maximum atomic E-state index is 13.1. The summed E-state index contributed by atoms with van der Waals surface area (Å²) in [6.07, 6.45) is -2.87. The number of rotatable bonds is 6. The molecule has 1 aromatic heterocycles. The van der Waals surface area contributed by atoms with Gasteiger partial charge in [-0.2, -0.15) is 13.2 Å². The van der Waals surface area contributed by atoms with E-state index in [4.69, 9.17) is 0 Å². The fourth-order valence-electron chi connectivity index (χ4n) is 4.07. The van der Waals surface area contributed by atoms with Gasteiger partial charge in [0.2, 0.25) is 11.8 Å². The number of non-ortho nitro benzene ring substituents is 1. The lowest BCUT2D eigenvalue weighted by Gasteiger charge is -2.34. The topological polar surface area (TPSA) is 101 Å². The smallest absolute Gasteiger partial charge is 0.339 e. The lowest BCUT2D eigenvalue weighted by Crippen LogP contribution is -2.51. The van der Waals surface area contributed by atoms with E-state index in [9.17, 15) is 32.9 Å². The summed E-state index contributed by atoms with van der Waals surface area (Å²) in [4.78, 5) is 39.0. The van der Waals surface area contributed by atoms with Gasteiger partial charge in [0.1, 0.15) is 6.54 Å². The summed E-state index contributed by atoms with van der Waals surface area (Å²) >= 11 is 0. The fourth-order valence-corrected chi connectivity index (χ4v) is 4.07. The van der Waals surface area contributed by atoms with Gasteiger partial charge in [-0.05, 0) is 24.3 Å². The Bertz CT molecular complexity index is 1270. The van der Waals surface area contributed by atoms with Gasteiger partial charge >= 0.3 is 6.18 Å². The lowest BCUT2D eigenvalue weighted by molar-refractivity contribution is -0.384. The summed E-state index contributed by atoms with van der Waals surface area (Å²) < 4.78 is 41.1. The summed E-state index contributed by atoms with van der Waals surface area (Å²) in [5.74, 6) is -0.696. The number of amides is 2. The van der Waals surface area contributed by atoms with Crippen molar-refractivity contribution in [3.05, 3.63) is 70.4 Å². The zero-order chi connectivity index (χ0) is 25.2. The van der Waals surface area contributed by atoms with Crippen molar-refractivity contribution < 1.29 is 27.7 Å². The van der Waals surface area contributed by atoms with Crippen LogP contribution in [0.15, 0.2) is 54.7 Å². The molecule has 0 bridgehead atoms.